The summed E-state index contributed by atoms with van der Waals surface area (Å²) in [4.78, 5) is 10.4. The third-order valence-electron chi connectivity index (χ3n) is 1.85. The Bertz CT molecular complexity index is 415. The van der Waals surface area contributed by atoms with E-state index >= 15 is 0 Å². The molecule has 0 aromatic heterocycles. The van der Waals surface area contributed by atoms with E-state index in [1.54, 1.807) is 0 Å². The number of phenols is 1. The van der Waals surface area contributed by atoms with E-state index in [0.717, 1.165) is 0 Å². The van der Waals surface area contributed by atoms with Crippen molar-refractivity contribution in [3.63, 3.8) is 0 Å². The zero-order chi connectivity index (χ0) is 11.8. The number of alkyl halides is 3. The molecule has 0 fully saturated rings. The first kappa shape index (κ1) is 15.3. The van der Waals surface area contributed by atoms with Crippen LogP contribution in [-0.4, -0.2) is 11.1 Å². The van der Waals surface area contributed by atoms with Crippen LogP contribution in [0.1, 0.15) is 21.5 Å². The van der Waals surface area contributed by atoms with Crippen LogP contribution in [0.15, 0.2) is 12.1 Å². The van der Waals surface area contributed by atoms with Gasteiger partial charge in [-0.25, -0.2) is 0 Å². The molecule has 0 aliphatic carbocycles. The van der Waals surface area contributed by atoms with Crippen molar-refractivity contribution in [1.29, 1.82) is 0 Å². The number of hydrogen-bond acceptors (Lipinski definition) is 3. The van der Waals surface area contributed by atoms with E-state index in [-0.39, 0.29) is 35.1 Å². The molecule has 0 bridgehead atoms. The van der Waals surface area contributed by atoms with E-state index in [1.807, 2.05) is 0 Å². The van der Waals surface area contributed by atoms with Gasteiger partial charge < -0.3 is 15.0 Å². The molecule has 0 spiro atoms. The molecule has 0 radical (unpaired) electrons. The summed E-state index contributed by atoms with van der Waals surface area (Å²) >= 11 is 0. The van der Waals surface area contributed by atoms with Gasteiger partial charge in [-0.2, -0.15) is 13.2 Å². The van der Waals surface area contributed by atoms with Crippen LogP contribution in [0.5, 0.6) is 5.75 Å². The Kier molecular flexibility index (Phi) is 4.85. The van der Waals surface area contributed by atoms with Gasteiger partial charge in [0.2, 0.25) is 0 Å². The number of hydrogen-bond donors (Lipinski definition) is 1. The second-order valence-electron chi connectivity index (χ2n) is 2.97. The summed E-state index contributed by atoms with van der Waals surface area (Å²) < 4.78 is 36.7. The number of aryl methyl sites for hydroxylation is 1. The van der Waals surface area contributed by atoms with Crippen molar-refractivity contribution < 1.29 is 57.7 Å². The van der Waals surface area contributed by atoms with Crippen molar-refractivity contribution in [3.8, 4) is 5.75 Å². The summed E-state index contributed by atoms with van der Waals surface area (Å²) in [6.45, 7) is 1.18. The molecule has 1 aromatic carbocycles. The van der Waals surface area contributed by atoms with E-state index in [9.17, 15) is 23.1 Å². The summed E-state index contributed by atoms with van der Waals surface area (Å²) in [5.74, 6) is -2.55. The van der Waals surface area contributed by atoms with Gasteiger partial charge in [0.15, 0.2) is 0 Å². The number of aromatic hydroxyl groups is 1. The Hall–Kier alpha value is -0.720. The number of rotatable bonds is 1. The zero-order valence-electron chi connectivity index (χ0n) is 8.55. The molecular weight excluding hydrogens is 236 g/mol. The zero-order valence-corrected chi connectivity index (χ0v) is 10.6. The fourth-order valence-electron chi connectivity index (χ4n) is 1.10. The predicted molar refractivity (Wildman–Crippen MR) is 42.2 cm³/mol. The van der Waals surface area contributed by atoms with Gasteiger partial charge in [-0.05, 0) is 24.6 Å². The minimum absolute atomic E-state index is 0. The van der Waals surface area contributed by atoms with Gasteiger partial charge in [-0.3, -0.25) is 0 Å². The van der Waals surface area contributed by atoms with Crippen LogP contribution in [0, 0.1) is 6.92 Å². The fraction of sp³-hybridized carbons (Fsp3) is 0.222. The summed E-state index contributed by atoms with van der Waals surface area (Å²) in [6.07, 6.45) is -4.65. The van der Waals surface area contributed by atoms with Crippen molar-refractivity contribution in [1.82, 2.24) is 0 Å². The first-order valence-electron chi connectivity index (χ1n) is 3.85. The van der Waals surface area contributed by atoms with Crippen LogP contribution < -0.4 is 34.7 Å². The van der Waals surface area contributed by atoms with Crippen LogP contribution in [-0.2, 0) is 6.18 Å². The summed E-state index contributed by atoms with van der Waals surface area (Å²) in [6, 6.07) is 1.01. The maximum atomic E-state index is 12.2. The standard InChI is InChI=1S/C9H7F3O3.Na/c1-4-2-5(9(10,11)12)3-6(7(4)13)8(14)15;/h2-3,13H,1H3,(H,14,15);/q;+1/p-1. The maximum Gasteiger partial charge on any atom is 1.00 e. The van der Waals surface area contributed by atoms with Gasteiger partial charge in [-0.15, -0.1) is 0 Å². The normalized spacial score (nSPS) is 10.8. The molecule has 0 unspecified atom stereocenters. The van der Waals surface area contributed by atoms with Crippen LogP contribution >= 0.6 is 0 Å². The largest absolute Gasteiger partial charge is 1.00 e. The van der Waals surface area contributed by atoms with Gasteiger partial charge in [0.25, 0.3) is 0 Å². The van der Waals surface area contributed by atoms with Crippen LogP contribution in [0.4, 0.5) is 13.2 Å². The monoisotopic (exact) mass is 242 g/mol. The van der Waals surface area contributed by atoms with Gasteiger partial charge in [0.1, 0.15) is 5.75 Å². The van der Waals surface area contributed by atoms with E-state index in [2.05, 4.69) is 0 Å². The molecule has 82 valence electrons. The number of benzene rings is 1. The molecule has 0 saturated heterocycles. The number of carbonyl (C=O) groups excluding carboxylic acids is 1. The molecular formula is C9H6F3NaO3. The molecule has 0 amide bonds. The second kappa shape index (κ2) is 5.07. The Morgan fingerprint density at radius 2 is 1.88 bits per heavy atom. The summed E-state index contributed by atoms with van der Waals surface area (Å²) in [5, 5.41) is 19.6. The summed E-state index contributed by atoms with van der Waals surface area (Å²) in [5.41, 5.74) is -2.15. The SMILES string of the molecule is Cc1cc(C(F)(F)F)cc(C(=O)[O-])c1O.[Na+]. The molecule has 0 aliphatic heterocycles. The molecule has 1 N–H and O–H groups in total. The average Bonchev–Trinajstić information content (AvgIpc) is 2.06. The van der Waals surface area contributed by atoms with Crippen LogP contribution in [0.3, 0.4) is 0 Å². The molecule has 7 heteroatoms. The van der Waals surface area contributed by atoms with Crippen molar-refractivity contribution >= 4 is 5.97 Å². The van der Waals surface area contributed by atoms with E-state index in [0.29, 0.717) is 12.1 Å². The van der Waals surface area contributed by atoms with Crippen molar-refractivity contribution in [2.45, 2.75) is 13.1 Å². The van der Waals surface area contributed by atoms with E-state index in [1.165, 1.54) is 6.92 Å². The smallest absolute Gasteiger partial charge is 0.545 e. The first-order chi connectivity index (χ1) is 6.73. The fourth-order valence-corrected chi connectivity index (χ4v) is 1.10. The van der Waals surface area contributed by atoms with E-state index in [4.69, 9.17) is 5.11 Å². The number of carboxylic acid groups (broad SMARTS) is 1. The molecule has 16 heavy (non-hydrogen) atoms. The number of carbonyl (C=O) groups is 1. The van der Waals surface area contributed by atoms with Gasteiger partial charge in [0.05, 0.1) is 11.5 Å². The topological polar surface area (TPSA) is 60.4 Å². The third kappa shape index (κ3) is 3.13. The van der Waals surface area contributed by atoms with Crippen LogP contribution in [0.2, 0.25) is 0 Å². The number of halogens is 3. The van der Waals surface area contributed by atoms with Gasteiger partial charge in [-0.1, -0.05) is 0 Å². The average molecular weight is 242 g/mol. The molecule has 0 atom stereocenters. The van der Waals surface area contributed by atoms with Crippen molar-refractivity contribution in [3.05, 3.63) is 28.8 Å². The van der Waals surface area contributed by atoms with Crippen molar-refractivity contribution in [2.24, 2.45) is 0 Å². The molecule has 1 rings (SSSR count). The summed E-state index contributed by atoms with van der Waals surface area (Å²) in [7, 11) is 0. The van der Waals surface area contributed by atoms with Gasteiger partial charge in [0, 0.05) is 5.56 Å². The molecule has 1 aromatic rings. The predicted octanol–water partition coefficient (Wildman–Crippen LogP) is -1.91. The number of carboxylic acids is 1. The molecule has 0 aliphatic rings. The Morgan fingerprint density at radius 1 is 1.38 bits per heavy atom. The molecule has 3 nitrogen and oxygen atoms in total. The quantitative estimate of drug-likeness (QED) is 0.584. The maximum absolute atomic E-state index is 12.2. The van der Waals surface area contributed by atoms with Crippen molar-refractivity contribution in [2.75, 3.05) is 0 Å². The minimum atomic E-state index is -4.65. The Labute approximate surface area is 111 Å². The second-order valence-corrected chi connectivity index (χ2v) is 2.97. The number of aromatic carboxylic acids is 1. The Balaban J connectivity index is 0.00000225. The minimum Gasteiger partial charge on any atom is -0.545 e. The Morgan fingerprint density at radius 3 is 2.25 bits per heavy atom. The van der Waals surface area contributed by atoms with E-state index < -0.39 is 29.0 Å². The molecule has 0 saturated carbocycles. The first-order valence-corrected chi connectivity index (χ1v) is 3.85. The van der Waals surface area contributed by atoms with Crippen LogP contribution in [0.25, 0.3) is 0 Å². The van der Waals surface area contributed by atoms with Gasteiger partial charge >= 0.3 is 35.7 Å². The third-order valence-corrected chi connectivity index (χ3v) is 1.85. The molecule has 0 heterocycles.